The van der Waals surface area contributed by atoms with Gasteiger partial charge in [-0.05, 0) is 0 Å². The van der Waals surface area contributed by atoms with Gasteiger partial charge in [-0.15, -0.1) is 0 Å². The normalized spacial score (nSPS) is 7.22. The number of nitrogens with two attached hydrogens (primary N) is 2. The van der Waals surface area contributed by atoms with Crippen LogP contribution in [-0.2, 0) is 0 Å². The number of hydrogen-bond acceptors (Lipinski definition) is 2. The van der Waals surface area contributed by atoms with E-state index in [1.807, 2.05) is 0 Å². The molecule has 7 heteroatoms. The Morgan fingerprint density at radius 3 is 1.44 bits per heavy atom. The fourth-order valence-corrected chi connectivity index (χ4v) is 0.109. The molecule has 9 heavy (non-hydrogen) atoms. The van der Waals surface area contributed by atoms with Gasteiger partial charge in [-0.25, -0.2) is 9.59 Å². The minimum Gasteiger partial charge on any atom is -0.350 e. The number of urea groups is 2. The molecule has 0 bridgehead atoms. The monoisotopic (exact) mass is 160 g/mol. The molecule has 0 saturated heterocycles. The summed E-state index contributed by atoms with van der Waals surface area (Å²) in [7, 11) is 0. The Morgan fingerprint density at radius 2 is 1.44 bits per heavy atom. The topological polar surface area (TPSA) is 89.4 Å². The molecule has 0 rings (SSSR count). The second kappa shape index (κ2) is 4.87. The van der Waals surface area contributed by atoms with Crippen LogP contribution in [0, 0.1) is 0 Å². The minimum atomic E-state index is -1.08. The van der Waals surface area contributed by atoms with Crippen molar-refractivity contribution in [3.8, 4) is 0 Å². The Morgan fingerprint density at radius 1 is 1.22 bits per heavy atom. The molecule has 4 amide bonds. The summed E-state index contributed by atoms with van der Waals surface area (Å²) in [6, 6.07) is -2.17. The van der Waals surface area contributed by atoms with Gasteiger partial charge >= 0.3 is 12.1 Å². The van der Waals surface area contributed by atoms with Crippen molar-refractivity contribution in [2.75, 3.05) is 0 Å². The zero-order valence-electron chi connectivity index (χ0n) is 4.80. The third-order valence-corrected chi connectivity index (χ3v) is 0.720. The van der Waals surface area contributed by atoms with Crippen LogP contribution in [0.5, 0.6) is 0 Å². The van der Waals surface area contributed by atoms with Crippen LogP contribution in [0.3, 0.4) is 0 Å². The zero-order valence-corrected chi connectivity index (χ0v) is 7.55. The standard InChI is InChI=1S/C2H4ClN3O2.Na/c3-6(1(4)7)2(5)8;/h(H2,4,7)(H2,5,8);. The fraction of sp³-hybridized carbons (Fsp3) is 0. The average molecular weight is 161 g/mol. The third-order valence-electron chi connectivity index (χ3n) is 0.387. The Kier molecular flexibility index (Phi) is 6.37. The van der Waals surface area contributed by atoms with Crippen LogP contribution in [0.2, 0.25) is 0 Å². The Hall–Kier alpha value is 0.0300. The molecular formula is C2H4ClN3NaO2. The molecule has 0 aromatic heterocycles. The number of hydrogen-bond donors (Lipinski definition) is 2. The van der Waals surface area contributed by atoms with Crippen molar-refractivity contribution >= 4 is 53.4 Å². The van der Waals surface area contributed by atoms with Gasteiger partial charge in [-0.2, -0.15) is 4.42 Å². The molecule has 0 aliphatic heterocycles. The largest absolute Gasteiger partial charge is 0.350 e. The molecule has 0 spiro atoms. The van der Waals surface area contributed by atoms with Crippen LogP contribution >= 0.6 is 11.8 Å². The van der Waals surface area contributed by atoms with E-state index < -0.39 is 12.1 Å². The van der Waals surface area contributed by atoms with Gasteiger partial charge in [0.15, 0.2) is 0 Å². The molecule has 0 aliphatic carbocycles. The molecule has 0 aliphatic rings. The maximum atomic E-state index is 9.86. The van der Waals surface area contributed by atoms with Crippen LogP contribution in [-0.4, -0.2) is 46.0 Å². The first-order valence-corrected chi connectivity index (χ1v) is 1.94. The van der Waals surface area contributed by atoms with Crippen LogP contribution in [0.1, 0.15) is 0 Å². The molecule has 0 aromatic carbocycles. The molecule has 0 heterocycles. The van der Waals surface area contributed by atoms with E-state index in [-0.39, 0.29) is 34.0 Å². The quantitative estimate of drug-likeness (QED) is 0.360. The summed E-state index contributed by atoms with van der Waals surface area (Å²) in [4.78, 5) is 19.7. The first kappa shape index (κ1) is 11.8. The molecule has 0 atom stereocenters. The van der Waals surface area contributed by atoms with Crippen LogP contribution in [0.15, 0.2) is 0 Å². The molecule has 5 nitrogen and oxygen atoms in total. The molecular weight excluding hydrogens is 156 g/mol. The number of amides is 4. The van der Waals surface area contributed by atoms with E-state index in [4.69, 9.17) is 11.8 Å². The van der Waals surface area contributed by atoms with E-state index in [1.165, 1.54) is 0 Å². The molecule has 0 unspecified atom stereocenters. The smallest absolute Gasteiger partial charge is 0.338 e. The molecule has 1 radical (unpaired) electrons. The van der Waals surface area contributed by atoms with Crippen LogP contribution < -0.4 is 11.5 Å². The first-order valence-electron chi connectivity index (χ1n) is 1.60. The van der Waals surface area contributed by atoms with Crippen molar-refractivity contribution < 1.29 is 9.59 Å². The second-order valence-electron chi connectivity index (χ2n) is 0.957. The predicted octanol–water partition coefficient (Wildman–Crippen LogP) is -0.781. The summed E-state index contributed by atoms with van der Waals surface area (Å²) in [6.07, 6.45) is 0. The molecule has 0 aromatic rings. The number of nitrogens with zero attached hydrogens (tertiary/aromatic N) is 1. The van der Waals surface area contributed by atoms with Crippen molar-refractivity contribution in [1.82, 2.24) is 4.42 Å². The number of halogens is 1. The Labute approximate surface area is 78.7 Å². The fourth-order valence-electron chi connectivity index (χ4n) is 0.109. The summed E-state index contributed by atoms with van der Waals surface area (Å²) < 4.78 is 0.0833. The number of carbonyl (C=O) groups excluding carboxylic acids is 2. The second-order valence-corrected chi connectivity index (χ2v) is 1.30. The molecule has 0 saturated carbocycles. The van der Waals surface area contributed by atoms with Gasteiger partial charge in [-0.3, -0.25) is 0 Å². The van der Waals surface area contributed by atoms with Crippen molar-refractivity contribution in [3.05, 3.63) is 0 Å². The minimum absolute atomic E-state index is 0. The number of rotatable bonds is 0. The third kappa shape index (κ3) is 4.53. The van der Waals surface area contributed by atoms with E-state index in [0.29, 0.717) is 0 Å². The van der Waals surface area contributed by atoms with Crippen LogP contribution in [0.25, 0.3) is 0 Å². The average Bonchev–Trinajstić information content (AvgIpc) is 1.64. The van der Waals surface area contributed by atoms with E-state index in [2.05, 4.69) is 11.5 Å². The predicted molar refractivity (Wildman–Crippen MR) is 32.6 cm³/mol. The van der Waals surface area contributed by atoms with Gasteiger partial charge in [0.05, 0.1) is 0 Å². The van der Waals surface area contributed by atoms with Crippen molar-refractivity contribution in [2.45, 2.75) is 0 Å². The SMILES string of the molecule is NC(=O)N(Cl)C(N)=O.[Na]. The Balaban J connectivity index is 0. The zero-order chi connectivity index (χ0) is 6.73. The van der Waals surface area contributed by atoms with Crippen molar-refractivity contribution in [2.24, 2.45) is 11.5 Å². The number of carbonyl (C=O) groups is 2. The van der Waals surface area contributed by atoms with Gasteiger partial charge < -0.3 is 11.5 Å². The first-order chi connectivity index (χ1) is 3.55. The van der Waals surface area contributed by atoms with Crippen molar-refractivity contribution in [1.29, 1.82) is 0 Å². The van der Waals surface area contributed by atoms with E-state index in [1.54, 1.807) is 0 Å². The van der Waals surface area contributed by atoms with Crippen molar-refractivity contribution in [3.63, 3.8) is 0 Å². The summed E-state index contributed by atoms with van der Waals surface area (Å²) in [5.41, 5.74) is 8.98. The summed E-state index contributed by atoms with van der Waals surface area (Å²) >= 11 is 4.83. The summed E-state index contributed by atoms with van der Waals surface area (Å²) in [6.45, 7) is 0. The molecule has 0 fully saturated rings. The van der Waals surface area contributed by atoms with Gasteiger partial charge in [0, 0.05) is 41.3 Å². The summed E-state index contributed by atoms with van der Waals surface area (Å²) in [5, 5.41) is 0. The van der Waals surface area contributed by atoms with Gasteiger partial charge in [0.25, 0.3) is 0 Å². The van der Waals surface area contributed by atoms with Gasteiger partial charge in [-0.1, -0.05) is 0 Å². The van der Waals surface area contributed by atoms with E-state index >= 15 is 0 Å². The maximum Gasteiger partial charge on any atom is 0.338 e. The number of imide groups is 1. The van der Waals surface area contributed by atoms with Gasteiger partial charge in [0.2, 0.25) is 0 Å². The Bertz CT molecular complexity index is 115. The van der Waals surface area contributed by atoms with Crippen LogP contribution in [0.4, 0.5) is 9.59 Å². The van der Waals surface area contributed by atoms with Gasteiger partial charge in [0.1, 0.15) is 0 Å². The van der Waals surface area contributed by atoms with E-state index in [0.717, 1.165) is 0 Å². The maximum absolute atomic E-state index is 9.86. The molecule has 4 N–H and O–H groups in total. The van der Waals surface area contributed by atoms with E-state index in [9.17, 15) is 9.59 Å². The molecule has 47 valence electrons. The summed E-state index contributed by atoms with van der Waals surface area (Å²) in [5.74, 6) is 0. The number of primary amides is 2.